The van der Waals surface area contributed by atoms with E-state index in [0.29, 0.717) is 10.0 Å². The van der Waals surface area contributed by atoms with Crippen LogP contribution in [0.2, 0.25) is 10.0 Å². The predicted molar refractivity (Wildman–Crippen MR) is 90.3 cm³/mol. The second kappa shape index (κ2) is 7.26. The first kappa shape index (κ1) is 16.3. The molecule has 0 spiro atoms. The molecule has 0 radical (unpaired) electrons. The van der Waals surface area contributed by atoms with Crippen molar-refractivity contribution in [3.63, 3.8) is 0 Å². The van der Waals surface area contributed by atoms with Gasteiger partial charge >= 0.3 is 0 Å². The van der Waals surface area contributed by atoms with Gasteiger partial charge in [-0.3, -0.25) is 4.98 Å². The number of nitrogens with zero attached hydrogens (tertiary/aromatic N) is 1. The average molecular weight is 323 g/mol. The van der Waals surface area contributed by atoms with E-state index in [1.165, 1.54) is 16.7 Å². The highest BCUT2D eigenvalue weighted by Crippen LogP contribution is 2.26. The third kappa shape index (κ3) is 4.19. The molecule has 1 aromatic carbocycles. The summed E-state index contributed by atoms with van der Waals surface area (Å²) in [5, 5.41) is 4.62. The van der Waals surface area contributed by atoms with Crippen LogP contribution in [0, 0.1) is 13.8 Å². The first-order valence-electron chi connectivity index (χ1n) is 7.11. The van der Waals surface area contributed by atoms with Gasteiger partial charge in [-0.15, -0.1) is 0 Å². The highest BCUT2D eigenvalue weighted by atomic mass is 35.5. The number of hydrogen-bond acceptors (Lipinski definition) is 2. The summed E-state index contributed by atoms with van der Waals surface area (Å²) in [5.74, 6) is 0. The van der Waals surface area contributed by atoms with Gasteiger partial charge in [0, 0.05) is 6.20 Å². The minimum absolute atomic E-state index is 0.0851. The second-order valence-corrected chi connectivity index (χ2v) is 6.10. The van der Waals surface area contributed by atoms with E-state index in [9.17, 15) is 0 Å². The van der Waals surface area contributed by atoms with Gasteiger partial charge in [0.15, 0.2) is 0 Å². The van der Waals surface area contributed by atoms with Gasteiger partial charge in [-0.05, 0) is 49.6 Å². The fraction of sp³-hybridized carbons (Fsp3) is 0.353. The van der Waals surface area contributed by atoms with Gasteiger partial charge in [0.2, 0.25) is 0 Å². The van der Waals surface area contributed by atoms with Crippen molar-refractivity contribution in [1.29, 1.82) is 0 Å². The molecule has 0 amide bonds. The molecule has 0 bridgehead atoms. The third-order valence-corrected chi connectivity index (χ3v) is 4.14. The fourth-order valence-corrected chi connectivity index (χ4v) is 2.87. The van der Waals surface area contributed by atoms with Gasteiger partial charge in [-0.1, -0.05) is 48.3 Å². The molecule has 1 heterocycles. The van der Waals surface area contributed by atoms with Crippen LogP contribution in [0.1, 0.15) is 35.3 Å². The smallest absolute Gasteiger partial charge is 0.0763 e. The first-order chi connectivity index (χ1) is 10.0. The summed E-state index contributed by atoms with van der Waals surface area (Å²) >= 11 is 12.2. The summed E-state index contributed by atoms with van der Waals surface area (Å²) in [7, 11) is 0. The number of nitrogens with one attached hydrogen (secondary N) is 1. The number of aromatic nitrogens is 1. The predicted octanol–water partition coefficient (Wildman–Crippen LogP) is 4.90. The Labute approximate surface area is 136 Å². The van der Waals surface area contributed by atoms with E-state index in [-0.39, 0.29) is 6.04 Å². The molecule has 0 saturated heterocycles. The minimum Gasteiger partial charge on any atom is -0.309 e. The van der Waals surface area contributed by atoms with Crippen molar-refractivity contribution in [1.82, 2.24) is 10.3 Å². The summed E-state index contributed by atoms with van der Waals surface area (Å²) in [6, 6.07) is 8.38. The van der Waals surface area contributed by atoms with E-state index in [2.05, 4.69) is 49.3 Å². The number of benzene rings is 1. The molecule has 2 nitrogen and oxygen atoms in total. The number of likely N-dealkylation sites (N-methyl/N-ethyl adjacent to an activating group) is 1. The minimum atomic E-state index is 0.0851. The van der Waals surface area contributed by atoms with E-state index in [1.54, 1.807) is 12.3 Å². The Morgan fingerprint density at radius 1 is 1.14 bits per heavy atom. The third-order valence-electron chi connectivity index (χ3n) is 3.63. The van der Waals surface area contributed by atoms with Crippen LogP contribution >= 0.6 is 23.2 Å². The number of rotatable bonds is 5. The van der Waals surface area contributed by atoms with Crippen molar-refractivity contribution in [2.45, 2.75) is 33.2 Å². The molecule has 1 aromatic heterocycles. The highest BCUT2D eigenvalue weighted by molar-refractivity contribution is 6.34. The SMILES string of the molecule is CCNC(Cc1ccc(C)c(C)c1)c1ncc(Cl)cc1Cl. The Balaban J connectivity index is 2.28. The number of hydrogen-bond donors (Lipinski definition) is 1. The van der Waals surface area contributed by atoms with Crippen LogP contribution in [0.15, 0.2) is 30.5 Å². The molecule has 2 aromatic rings. The van der Waals surface area contributed by atoms with Crippen molar-refractivity contribution in [3.8, 4) is 0 Å². The van der Waals surface area contributed by atoms with Crippen molar-refractivity contribution in [2.75, 3.05) is 6.54 Å². The summed E-state index contributed by atoms with van der Waals surface area (Å²) < 4.78 is 0. The molecule has 0 saturated carbocycles. The molecule has 4 heteroatoms. The van der Waals surface area contributed by atoms with Gasteiger partial charge in [0.1, 0.15) is 0 Å². The van der Waals surface area contributed by atoms with Crippen LogP contribution in [0.3, 0.4) is 0 Å². The second-order valence-electron chi connectivity index (χ2n) is 5.25. The summed E-state index contributed by atoms with van der Waals surface area (Å²) in [5.41, 5.74) is 4.73. The molecule has 0 fully saturated rings. The number of aryl methyl sites for hydroxylation is 2. The van der Waals surface area contributed by atoms with Crippen molar-refractivity contribution >= 4 is 23.2 Å². The van der Waals surface area contributed by atoms with E-state index in [1.807, 2.05) is 0 Å². The molecule has 21 heavy (non-hydrogen) atoms. The summed E-state index contributed by atoms with van der Waals surface area (Å²) in [4.78, 5) is 4.41. The topological polar surface area (TPSA) is 24.9 Å². The van der Waals surface area contributed by atoms with E-state index >= 15 is 0 Å². The Morgan fingerprint density at radius 3 is 2.52 bits per heavy atom. The molecule has 0 aliphatic rings. The van der Waals surface area contributed by atoms with Crippen molar-refractivity contribution in [3.05, 3.63) is 62.9 Å². The van der Waals surface area contributed by atoms with Crippen molar-refractivity contribution in [2.24, 2.45) is 0 Å². The Bertz CT molecular complexity index is 626. The zero-order valence-corrected chi connectivity index (χ0v) is 14.1. The lowest BCUT2D eigenvalue weighted by Gasteiger charge is -2.19. The van der Waals surface area contributed by atoms with Crippen LogP contribution in [-0.2, 0) is 6.42 Å². The molecule has 1 atom stereocenters. The van der Waals surface area contributed by atoms with E-state index in [0.717, 1.165) is 18.7 Å². The maximum absolute atomic E-state index is 6.30. The Kier molecular flexibility index (Phi) is 5.63. The lowest BCUT2D eigenvalue weighted by Crippen LogP contribution is -2.24. The van der Waals surface area contributed by atoms with Crippen LogP contribution in [0.4, 0.5) is 0 Å². The van der Waals surface area contributed by atoms with E-state index < -0.39 is 0 Å². The molecule has 1 unspecified atom stereocenters. The van der Waals surface area contributed by atoms with Gasteiger partial charge in [0.05, 0.1) is 21.8 Å². The van der Waals surface area contributed by atoms with Gasteiger partial charge in [0.25, 0.3) is 0 Å². The molecule has 0 aliphatic heterocycles. The van der Waals surface area contributed by atoms with Crippen LogP contribution < -0.4 is 5.32 Å². The lowest BCUT2D eigenvalue weighted by atomic mass is 9.99. The van der Waals surface area contributed by atoms with Crippen LogP contribution in [0.25, 0.3) is 0 Å². The molecular weight excluding hydrogens is 303 g/mol. The molecule has 2 rings (SSSR count). The summed E-state index contributed by atoms with van der Waals surface area (Å²) in [6.45, 7) is 7.19. The van der Waals surface area contributed by atoms with Crippen LogP contribution in [0.5, 0.6) is 0 Å². The lowest BCUT2D eigenvalue weighted by molar-refractivity contribution is 0.537. The van der Waals surface area contributed by atoms with Gasteiger partial charge in [-0.2, -0.15) is 0 Å². The standard InChI is InChI=1S/C17H20Cl2N2/c1-4-20-16(17-15(19)9-14(18)10-21-17)8-13-6-5-11(2)12(3)7-13/h5-7,9-10,16,20H,4,8H2,1-3H3. The number of pyridine rings is 1. The zero-order chi connectivity index (χ0) is 15.4. The Hall–Kier alpha value is -1.09. The molecule has 112 valence electrons. The highest BCUT2D eigenvalue weighted by Gasteiger charge is 2.16. The first-order valence-corrected chi connectivity index (χ1v) is 7.87. The number of halogens is 2. The normalized spacial score (nSPS) is 12.4. The Morgan fingerprint density at radius 2 is 1.90 bits per heavy atom. The monoisotopic (exact) mass is 322 g/mol. The summed E-state index contributed by atoms with van der Waals surface area (Å²) in [6.07, 6.45) is 2.50. The van der Waals surface area contributed by atoms with Gasteiger partial charge in [-0.25, -0.2) is 0 Å². The maximum Gasteiger partial charge on any atom is 0.0763 e. The van der Waals surface area contributed by atoms with Crippen LogP contribution in [-0.4, -0.2) is 11.5 Å². The van der Waals surface area contributed by atoms with Crippen molar-refractivity contribution < 1.29 is 0 Å². The fourth-order valence-electron chi connectivity index (χ4n) is 2.36. The molecule has 1 N–H and O–H groups in total. The molecule has 0 aliphatic carbocycles. The zero-order valence-electron chi connectivity index (χ0n) is 12.6. The quantitative estimate of drug-likeness (QED) is 0.846. The maximum atomic E-state index is 6.30. The van der Waals surface area contributed by atoms with E-state index in [4.69, 9.17) is 23.2 Å². The largest absolute Gasteiger partial charge is 0.309 e. The van der Waals surface area contributed by atoms with Gasteiger partial charge < -0.3 is 5.32 Å². The molecular formula is C17H20Cl2N2. The average Bonchev–Trinajstić information content (AvgIpc) is 2.42.